The Bertz CT molecular complexity index is 269. The minimum absolute atomic E-state index is 0.466. The molecule has 0 heterocycles. The molecule has 0 aromatic carbocycles. The average molecular weight is 293 g/mol. The number of halogens is 3. The molecule has 0 bridgehead atoms. The Labute approximate surface area is 108 Å². The number of carbonyl (C=O) groups excluding carboxylic acids is 2. The molecule has 0 aliphatic carbocycles. The standard InChI is InChI=1S/C8H12Cl3NO4/c1-7(2,3)16-6(14)12-5(13)15-4-8(9,10)11/h4H2,1-3H3,(H,12,13,14). The number of imide groups is 1. The van der Waals surface area contributed by atoms with E-state index in [4.69, 9.17) is 39.5 Å². The first-order valence-electron chi connectivity index (χ1n) is 4.23. The summed E-state index contributed by atoms with van der Waals surface area (Å²) in [4.78, 5) is 22.0. The van der Waals surface area contributed by atoms with Gasteiger partial charge in [-0.1, -0.05) is 34.8 Å². The molecule has 0 aliphatic rings. The first-order valence-corrected chi connectivity index (χ1v) is 5.36. The minimum atomic E-state index is -1.72. The quantitative estimate of drug-likeness (QED) is 0.755. The van der Waals surface area contributed by atoms with Gasteiger partial charge in [0.2, 0.25) is 3.79 Å². The van der Waals surface area contributed by atoms with Crippen LogP contribution in [-0.4, -0.2) is 28.2 Å². The molecule has 8 heteroatoms. The molecule has 0 spiro atoms. The lowest BCUT2D eigenvalue weighted by Crippen LogP contribution is -2.37. The summed E-state index contributed by atoms with van der Waals surface area (Å²) in [6.07, 6.45) is -1.97. The van der Waals surface area contributed by atoms with E-state index in [1.165, 1.54) is 0 Å². The van der Waals surface area contributed by atoms with Crippen molar-refractivity contribution in [2.45, 2.75) is 30.2 Å². The van der Waals surface area contributed by atoms with E-state index >= 15 is 0 Å². The van der Waals surface area contributed by atoms with Gasteiger partial charge in [-0.05, 0) is 20.8 Å². The van der Waals surface area contributed by atoms with Crippen LogP contribution in [0.4, 0.5) is 9.59 Å². The fourth-order valence-corrected chi connectivity index (χ4v) is 0.734. The van der Waals surface area contributed by atoms with Gasteiger partial charge in [0.25, 0.3) is 0 Å². The van der Waals surface area contributed by atoms with Crippen molar-refractivity contribution in [3.63, 3.8) is 0 Å². The maximum absolute atomic E-state index is 11.1. The molecule has 0 rings (SSSR count). The summed E-state index contributed by atoms with van der Waals surface area (Å²) < 4.78 is 7.52. The summed E-state index contributed by atoms with van der Waals surface area (Å²) in [6.45, 7) is 4.49. The normalized spacial score (nSPS) is 11.9. The molecule has 0 saturated carbocycles. The summed E-state index contributed by atoms with van der Waals surface area (Å²) in [5.74, 6) is 0. The largest absolute Gasteiger partial charge is 0.445 e. The fraction of sp³-hybridized carbons (Fsp3) is 0.750. The summed E-state index contributed by atoms with van der Waals surface area (Å²) in [6, 6.07) is 0. The van der Waals surface area contributed by atoms with Crippen molar-refractivity contribution in [1.82, 2.24) is 5.32 Å². The third-order valence-electron chi connectivity index (χ3n) is 0.970. The lowest BCUT2D eigenvalue weighted by molar-refractivity contribution is 0.0512. The number of carbonyl (C=O) groups is 2. The Hall–Kier alpha value is -0.390. The third-order valence-corrected chi connectivity index (χ3v) is 1.30. The molecule has 0 aromatic rings. The molecule has 0 fully saturated rings. The molecule has 5 nitrogen and oxygen atoms in total. The maximum atomic E-state index is 11.1. The number of alkyl halides is 3. The van der Waals surface area contributed by atoms with Crippen molar-refractivity contribution in [1.29, 1.82) is 0 Å². The van der Waals surface area contributed by atoms with Crippen LogP contribution in [0, 0.1) is 0 Å². The van der Waals surface area contributed by atoms with Crippen LogP contribution in [0.25, 0.3) is 0 Å². The first-order chi connectivity index (χ1) is 6.99. The number of alkyl carbamates (subject to hydrolysis) is 2. The van der Waals surface area contributed by atoms with Crippen LogP contribution in [0.5, 0.6) is 0 Å². The Morgan fingerprint density at radius 3 is 2.00 bits per heavy atom. The number of nitrogens with one attached hydrogen (secondary N) is 1. The third kappa shape index (κ3) is 10.1. The summed E-state index contributed by atoms with van der Waals surface area (Å²) in [5.41, 5.74) is -0.709. The predicted molar refractivity (Wildman–Crippen MR) is 61.0 cm³/mol. The zero-order valence-corrected chi connectivity index (χ0v) is 11.2. The molecule has 0 saturated heterocycles. The molecule has 1 N–H and O–H groups in total. The van der Waals surface area contributed by atoms with Crippen molar-refractivity contribution >= 4 is 47.0 Å². The highest BCUT2D eigenvalue weighted by Gasteiger charge is 2.24. The second-order valence-electron chi connectivity index (χ2n) is 3.82. The molecule has 2 amide bonds. The highest BCUT2D eigenvalue weighted by Crippen LogP contribution is 2.25. The van der Waals surface area contributed by atoms with Crippen LogP contribution in [-0.2, 0) is 9.47 Å². The Morgan fingerprint density at radius 1 is 1.12 bits per heavy atom. The van der Waals surface area contributed by atoms with Gasteiger partial charge in [0.15, 0.2) is 0 Å². The topological polar surface area (TPSA) is 64.6 Å². The van der Waals surface area contributed by atoms with Gasteiger partial charge < -0.3 is 9.47 Å². The van der Waals surface area contributed by atoms with Crippen molar-refractivity contribution < 1.29 is 19.1 Å². The molecule has 0 radical (unpaired) electrons. The van der Waals surface area contributed by atoms with E-state index < -0.39 is 28.2 Å². The van der Waals surface area contributed by atoms with Crippen molar-refractivity contribution in [3.8, 4) is 0 Å². The van der Waals surface area contributed by atoms with Crippen LogP contribution in [0.1, 0.15) is 20.8 Å². The van der Waals surface area contributed by atoms with Gasteiger partial charge in [-0.15, -0.1) is 0 Å². The van der Waals surface area contributed by atoms with E-state index in [-0.39, 0.29) is 0 Å². The summed E-state index contributed by atoms with van der Waals surface area (Å²) >= 11 is 16.0. The average Bonchev–Trinajstić information content (AvgIpc) is 1.95. The highest BCUT2D eigenvalue weighted by molar-refractivity contribution is 6.67. The van der Waals surface area contributed by atoms with Crippen molar-refractivity contribution in [3.05, 3.63) is 0 Å². The fourth-order valence-electron chi connectivity index (χ4n) is 0.570. The van der Waals surface area contributed by atoms with E-state index in [1.807, 2.05) is 5.32 Å². The lowest BCUT2D eigenvalue weighted by atomic mass is 10.2. The van der Waals surface area contributed by atoms with Crippen LogP contribution in [0.2, 0.25) is 0 Å². The van der Waals surface area contributed by atoms with Gasteiger partial charge in [-0.25, -0.2) is 14.9 Å². The Kier molecular flexibility index (Phi) is 5.65. The van der Waals surface area contributed by atoms with Crippen LogP contribution in [0.15, 0.2) is 0 Å². The number of rotatable bonds is 1. The molecule has 0 aromatic heterocycles. The van der Waals surface area contributed by atoms with Gasteiger partial charge in [-0.3, -0.25) is 0 Å². The van der Waals surface area contributed by atoms with Crippen LogP contribution < -0.4 is 5.32 Å². The minimum Gasteiger partial charge on any atom is -0.445 e. The predicted octanol–water partition coefficient (Wildman–Crippen LogP) is 3.02. The van der Waals surface area contributed by atoms with Crippen molar-refractivity contribution in [2.24, 2.45) is 0 Å². The van der Waals surface area contributed by atoms with Gasteiger partial charge in [0.05, 0.1) is 0 Å². The second-order valence-corrected chi connectivity index (χ2v) is 6.33. The Balaban J connectivity index is 3.93. The molecular weight excluding hydrogens is 280 g/mol. The molecule has 0 aliphatic heterocycles. The molecule has 0 unspecified atom stereocenters. The zero-order valence-electron chi connectivity index (χ0n) is 8.97. The van der Waals surface area contributed by atoms with Gasteiger partial charge in [-0.2, -0.15) is 0 Å². The number of amides is 2. The summed E-state index contributed by atoms with van der Waals surface area (Å²) in [7, 11) is 0. The zero-order chi connectivity index (χ0) is 13.0. The highest BCUT2D eigenvalue weighted by atomic mass is 35.6. The van der Waals surface area contributed by atoms with E-state index in [2.05, 4.69) is 4.74 Å². The Morgan fingerprint density at radius 2 is 1.62 bits per heavy atom. The summed E-state index contributed by atoms with van der Waals surface area (Å²) in [5, 5.41) is 1.81. The monoisotopic (exact) mass is 291 g/mol. The van der Waals surface area contributed by atoms with E-state index in [9.17, 15) is 9.59 Å². The van der Waals surface area contributed by atoms with Crippen LogP contribution >= 0.6 is 34.8 Å². The van der Waals surface area contributed by atoms with E-state index in [0.717, 1.165) is 0 Å². The number of ether oxygens (including phenoxy) is 2. The van der Waals surface area contributed by atoms with Gasteiger partial charge >= 0.3 is 12.2 Å². The molecule has 16 heavy (non-hydrogen) atoms. The van der Waals surface area contributed by atoms with Gasteiger partial charge in [0.1, 0.15) is 12.2 Å². The molecule has 94 valence electrons. The second kappa shape index (κ2) is 5.80. The maximum Gasteiger partial charge on any atom is 0.417 e. The van der Waals surface area contributed by atoms with Crippen LogP contribution in [0.3, 0.4) is 0 Å². The first kappa shape index (κ1) is 15.6. The molecular formula is C8H12Cl3NO4. The number of hydrogen-bond acceptors (Lipinski definition) is 4. The van der Waals surface area contributed by atoms with Crippen molar-refractivity contribution in [2.75, 3.05) is 6.61 Å². The lowest BCUT2D eigenvalue weighted by Gasteiger charge is -2.19. The SMILES string of the molecule is CC(C)(C)OC(=O)NC(=O)OCC(Cl)(Cl)Cl. The van der Waals surface area contributed by atoms with E-state index in [0.29, 0.717) is 0 Å². The molecule has 0 atom stereocenters. The van der Waals surface area contributed by atoms with Gasteiger partial charge in [0, 0.05) is 0 Å². The number of hydrogen-bond donors (Lipinski definition) is 1. The smallest absolute Gasteiger partial charge is 0.417 e. The van der Waals surface area contributed by atoms with E-state index in [1.54, 1.807) is 20.8 Å².